The van der Waals surface area contributed by atoms with E-state index in [1.54, 1.807) is 18.2 Å². The highest BCUT2D eigenvalue weighted by Crippen LogP contribution is 2.24. The first-order valence-corrected chi connectivity index (χ1v) is 7.27. The van der Waals surface area contributed by atoms with Crippen molar-refractivity contribution in [2.45, 2.75) is 32.5 Å². The van der Waals surface area contributed by atoms with E-state index in [0.29, 0.717) is 24.2 Å². The third kappa shape index (κ3) is 2.80. The number of phenols is 1. The highest BCUT2D eigenvalue weighted by atomic mass is 16.4. The fourth-order valence-electron chi connectivity index (χ4n) is 3.03. The average Bonchev–Trinajstić information content (AvgIpc) is 2.42. The molecule has 1 fully saturated rings. The topological polar surface area (TPSA) is 65.7 Å². The molecular formula is C16H20N2O3. The van der Waals surface area contributed by atoms with E-state index in [1.807, 2.05) is 0 Å². The van der Waals surface area contributed by atoms with E-state index in [1.165, 1.54) is 6.07 Å². The summed E-state index contributed by atoms with van der Waals surface area (Å²) in [4.78, 5) is 14.1. The molecule has 5 heteroatoms. The minimum Gasteiger partial charge on any atom is -0.508 e. The average molecular weight is 288 g/mol. The summed E-state index contributed by atoms with van der Waals surface area (Å²) < 4.78 is 5.18. The zero-order valence-corrected chi connectivity index (χ0v) is 12.3. The highest BCUT2D eigenvalue weighted by molar-refractivity contribution is 5.81. The number of hydrogen-bond donors (Lipinski definition) is 2. The Balaban J connectivity index is 2.01. The molecule has 0 radical (unpaired) electrons. The molecule has 0 spiro atoms. The molecule has 0 bridgehead atoms. The van der Waals surface area contributed by atoms with Crippen molar-refractivity contribution in [1.29, 1.82) is 0 Å². The number of nitrogens with zero attached hydrogens (tertiary/aromatic N) is 1. The van der Waals surface area contributed by atoms with Gasteiger partial charge in [0.05, 0.1) is 0 Å². The minimum absolute atomic E-state index is 0.103. The van der Waals surface area contributed by atoms with Crippen molar-refractivity contribution in [3.8, 4) is 5.75 Å². The summed E-state index contributed by atoms with van der Waals surface area (Å²) in [6.45, 7) is 6.97. The molecule has 0 saturated carbocycles. The standard InChI is InChI=1S/C16H20N2O3/c1-10-7-17-8-11(2)18(10)9-12-5-16(20)21-15-6-13(19)3-4-14(12)15/h3-6,10-11,17,19H,7-9H2,1-2H3. The smallest absolute Gasteiger partial charge is 0.336 e. The van der Waals surface area contributed by atoms with Gasteiger partial charge in [-0.1, -0.05) is 0 Å². The van der Waals surface area contributed by atoms with Crippen molar-refractivity contribution >= 4 is 11.0 Å². The van der Waals surface area contributed by atoms with Crippen molar-refractivity contribution in [3.05, 3.63) is 40.2 Å². The number of benzene rings is 1. The molecule has 112 valence electrons. The molecule has 1 aromatic carbocycles. The van der Waals surface area contributed by atoms with E-state index < -0.39 is 0 Å². The molecule has 1 aliphatic rings. The van der Waals surface area contributed by atoms with Crippen LogP contribution in [-0.4, -0.2) is 35.2 Å². The number of aromatic hydroxyl groups is 1. The summed E-state index contributed by atoms with van der Waals surface area (Å²) in [6, 6.07) is 7.30. The van der Waals surface area contributed by atoms with Crippen molar-refractivity contribution < 1.29 is 9.52 Å². The summed E-state index contributed by atoms with van der Waals surface area (Å²) in [5.41, 5.74) is 1.01. The monoisotopic (exact) mass is 288 g/mol. The van der Waals surface area contributed by atoms with E-state index in [-0.39, 0.29) is 11.4 Å². The SMILES string of the molecule is CC1CNCC(C)N1Cc1cc(=O)oc2cc(O)ccc12. The summed E-state index contributed by atoms with van der Waals surface area (Å²) >= 11 is 0. The number of hydrogen-bond acceptors (Lipinski definition) is 5. The van der Waals surface area contributed by atoms with E-state index in [4.69, 9.17) is 4.42 Å². The zero-order valence-electron chi connectivity index (χ0n) is 12.3. The van der Waals surface area contributed by atoms with E-state index in [0.717, 1.165) is 24.0 Å². The Labute approximate surface area is 123 Å². The Morgan fingerprint density at radius 1 is 1.29 bits per heavy atom. The van der Waals surface area contributed by atoms with Gasteiger partial charge in [-0.15, -0.1) is 0 Å². The van der Waals surface area contributed by atoms with Crippen molar-refractivity contribution in [2.24, 2.45) is 0 Å². The van der Waals surface area contributed by atoms with Gasteiger partial charge in [-0.3, -0.25) is 4.90 Å². The molecule has 0 amide bonds. The Bertz CT molecular complexity index is 700. The molecule has 1 saturated heterocycles. The third-order valence-electron chi connectivity index (χ3n) is 4.18. The van der Waals surface area contributed by atoms with Crippen molar-refractivity contribution in [1.82, 2.24) is 10.2 Å². The van der Waals surface area contributed by atoms with Crippen LogP contribution in [0.3, 0.4) is 0 Å². The van der Waals surface area contributed by atoms with E-state index >= 15 is 0 Å². The molecular weight excluding hydrogens is 268 g/mol. The largest absolute Gasteiger partial charge is 0.508 e. The van der Waals surface area contributed by atoms with Crippen molar-refractivity contribution in [3.63, 3.8) is 0 Å². The molecule has 2 N–H and O–H groups in total. The van der Waals surface area contributed by atoms with Crippen LogP contribution in [0.5, 0.6) is 5.75 Å². The normalized spacial score (nSPS) is 23.5. The van der Waals surface area contributed by atoms with Crippen LogP contribution in [-0.2, 0) is 6.54 Å². The van der Waals surface area contributed by atoms with Crippen LogP contribution >= 0.6 is 0 Å². The van der Waals surface area contributed by atoms with Gasteiger partial charge < -0.3 is 14.8 Å². The van der Waals surface area contributed by atoms with Gasteiger partial charge in [-0.25, -0.2) is 4.79 Å². The van der Waals surface area contributed by atoms with Crippen LogP contribution in [0.2, 0.25) is 0 Å². The molecule has 21 heavy (non-hydrogen) atoms. The third-order valence-corrected chi connectivity index (χ3v) is 4.18. The molecule has 3 rings (SSSR count). The first-order chi connectivity index (χ1) is 10.0. The minimum atomic E-state index is -0.376. The predicted molar refractivity (Wildman–Crippen MR) is 81.5 cm³/mol. The molecule has 2 atom stereocenters. The molecule has 2 aromatic rings. The predicted octanol–water partition coefficient (Wildman–Crippen LogP) is 1.68. The van der Waals surface area contributed by atoms with Crippen LogP contribution in [0.4, 0.5) is 0 Å². The molecule has 0 aliphatic carbocycles. The number of piperazine rings is 1. The second-order valence-corrected chi connectivity index (χ2v) is 5.80. The Kier molecular flexibility index (Phi) is 3.69. The Hall–Kier alpha value is -1.85. The summed E-state index contributed by atoms with van der Waals surface area (Å²) in [5, 5.41) is 13.8. The zero-order chi connectivity index (χ0) is 15.0. The van der Waals surface area contributed by atoms with Gasteiger partial charge >= 0.3 is 5.63 Å². The van der Waals surface area contributed by atoms with Gasteiger partial charge in [0.15, 0.2) is 0 Å². The molecule has 1 aromatic heterocycles. The lowest BCUT2D eigenvalue weighted by molar-refractivity contribution is 0.109. The summed E-state index contributed by atoms with van der Waals surface area (Å²) in [7, 11) is 0. The number of rotatable bonds is 2. The second-order valence-electron chi connectivity index (χ2n) is 5.80. The maximum Gasteiger partial charge on any atom is 0.336 e. The fourth-order valence-corrected chi connectivity index (χ4v) is 3.03. The number of phenolic OH excluding ortho intramolecular Hbond substituents is 1. The van der Waals surface area contributed by atoms with Crippen LogP contribution in [0.1, 0.15) is 19.4 Å². The lowest BCUT2D eigenvalue weighted by Crippen LogP contribution is -2.54. The van der Waals surface area contributed by atoms with Crippen molar-refractivity contribution in [2.75, 3.05) is 13.1 Å². The molecule has 5 nitrogen and oxygen atoms in total. The maximum absolute atomic E-state index is 11.7. The van der Waals surface area contributed by atoms with Gasteiger partial charge in [0, 0.05) is 49.2 Å². The first kappa shape index (κ1) is 14.1. The first-order valence-electron chi connectivity index (χ1n) is 7.27. The number of nitrogens with one attached hydrogen (secondary N) is 1. The number of fused-ring (bicyclic) bond motifs is 1. The van der Waals surface area contributed by atoms with E-state index in [9.17, 15) is 9.90 Å². The highest BCUT2D eigenvalue weighted by Gasteiger charge is 2.25. The van der Waals surface area contributed by atoms with Gasteiger partial charge in [-0.2, -0.15) is 0 Å². The van der Waals surface area contributed by atoms with Gasteiger partial charge in [0.1, 0.15) is 11.3 Å². The van der Waals surface area contributed by atoms with Crippen LogP contribution in [0.15, 0.2) is 33.5 Å². The Morgan fingerprint density at radius 2 is 2.00 bits per heavy atom. The lowest BCUT2D eigenvalue weighted by Gasteiger charge is -2.39. The van der Waals surface area contributed by atoms with Crippen LogP contribution in [0.25, 0.3) is 11.0 Å². The lowest BCUT2D eigenvalue weighted by atomic mass is 10.1. The molecule has 2 unspecified atom stereocenters. The van der Waals surface area contributed by atoms with Crippen LogP contribution in [0, 0.1) is 0 Å². The summed E-state index contributed by atoms with van der Waals surface area (Å²) in [6.07, 6.45) is 0. The second kappa shape index (κ2) is 5.50. The quantitative estimate of drug-likeness (QED) is 0.823. The van der Waals surface area contributed by atoms with Gasteiger partial charge in [0.25, 0.3) is 0 Å². The van der Waals surface area contributed by atoms with Crippen LogP contribution < -0.4 is 10.9 Å². The van der Waals surface area contributed by atoms with Gasteiger partial charge in [-0.05, 0) is 31.5 Å². The fraction of sp³-hybridized carbons (Fsp3) is 0.438. The maximum atomic E-state index is 11.7. The molecule has 2 heterocycles. The Morgan fingerprint density at radius 3 is 2.71 bits per heavy atom. The summed E-state index contributed by atoms with van der Waals surface area (Å²) in [5.74, 6) is 0.103. The molecule has 1 aliphatic heterocycles. The van der Waals surface area contributed by atoms with E-state index in [2.05, 4.69) is 24.1 Å². The van der Waals surface area contributed by atoms with Gasteiger partial charge in [0.2, 0.25) is 0 Å².